The van der Waals surface area contributed by atoms with Gasteiger partial charge in [-0.3, -0.25) is 4.79 Å². The van der Waals surface area contributed by atoms with Crippen molar-refractivity contribution in [2.24, 2.45) is 0 Å². The molecule has 1 unspecified atom stereocenters. The molecule has 122 valence electrons. The van der Waals surface area contributed by atoms with Gasteiger partial charge < -0.3 is 4.90 Å². The first-order chi connectivity index (χ1) is 11.0. The van der Waals surface area contributed by atoms with Crippen LogP contribution in [0.4, 0.5) is 0 Å². The van der Waals surface area contributed by atoms with Gasteiger partial charge in [0, 0.05) is 30.9 Å². The van der Waals surface area contributed by atoms with Crippen LogP contribution in [0.3, 0.4) is 0 Å². The molecule has 1 aliphatic rings. The topological polar surface area (TPSA) is 66.5 Å². The molecular formula is C16H18N2O3S2. The molecule has 2 heterocycles. The second-order valence-electron chi connectivity index (χ2n) is 5.56. The smallest absolute Gasteiger partial charge is 0.241 e. The van der Waals surface area contributed by atoms with Crippen LogP contribution in [0.5, 0.6) is 0 Å². The lowest BCUT2D eigenvalue weighted by molar-refractivity contribution is -0.127. The van der Waals surface area contributed by atoms with Gasteiger partial charge in [-0.2, -0.15) is 11.3 Å². The number of hydrogen-bond acceptors (Lipinski definition) is 4. The van der Waals surface area contributed by atoms with E-state index < -0.39 is 10.0 Å². The van der Waals surface area contributed by atoms with Crippen LogP contribution in [-0.4, -0.2) is 38.4 Å². The monoisotopic (exact) mass is 350 g/mol. The lowest BCUT2D eigenvalue weighted by Crippen LogP contribution is -2.37. The van der Waals surface area contributed by atoms with E-state index in [9.17, 15) is 13.2 Å². The van der Waals surface area contributed by atoms with E-state index in [-0.39, 0.29) is 23.3 Å². The van der Waals surface area contributed by atoms with Crippen molar-refractivity contribution in [1.82, 2.24) is 9.62 Å². The molecule has 1 amide bonds. The van der Waals surface area contributed by atoms with Crippen molar-refractivity contribution in [2.45, 2.75) is 23.8 Å². The Morgan fingerprint density at radius 2 is 2.00 bits per heavy atom. The zero-order valence-corrected chi connectivity index (χ0v) is 14.1. The molecule has 1 aliphatic heterocycles. The maximum Gasteiger partial charge on any atom is 0.241 e. The lowest BCUT2D eigenvalue weighted by atomic mass is 10.1. The second-order valence-corrected chi connectivity index (χ2v) is 8.05. The maximum atomic E-state index is 12.2. The van der Waals surface area contributed by atoms with Gasteiger partial charge in [0.15, 0.2) is 0 Å². The minimum absolute atomic E-state index is 0.000972. The van der Waals surface area contributed by atoms with Gasteiger partial charge in [0.05, 0.1) is 4.90 Å². The summed E-state index contributed by atoms with van der Waals surface area (Å²) in [5.41, 5.74) is 1.17. The van der Waals surface area contributed by atoms with E-state index in [1.54, 1.807) is 21.7 Å². The minimum Gasteiger partial charge on any atom is -0.341 e. The molecule has 3 rings (SSSR count). The van der Waals surface area contributed by atoms with Gasteiger partial charge >= 0.3 is 0 Å². The number of rotatable bonds is 6. The quantitative estimate of drug-likeness (QED) is 0.865. The number of nitrogens with zero attached hydrogens (tertiary/aromatic N) is 1. The summed E-state index contributed by atoms with van der Waals surface area (Å²) >= 11 is 1.33. The number of benzene rings is 1. The summed E-state index contributed by atoms with van der Waals surface area (Å²) in [6.07, 6.45) is 0.995. The van der Waals surface area contributed by atoms with Crippen molar-refractivity contribution >= 4 is 27.3 Å². The first-order valence-corrected chi connectivity index (χ1v) is 9.83. The number of amides is 1. The SMILES string of the molecule is O=C1CC(NS(=O)(=O)c2ccsc2)CN1CCc1ccccc1. The number of sulfonamides is 1. The number of likely N-dealkylation sites (tertiary alicyclic amines) is 1. The third kappa shape index (κ3) is 3.99. The average Bonchev–Trinajstić information content (AvgIpc) is 3.16. The van der Waals surface area contributed by atoms with Crippen molar-refractivity contribution in [2.75, 3.05) is 13.1 Å². The Morgan fingerprint density at radius 3 is 2.70 bits per heavy atom. The fourth-order valence-electron chi connectivity index (χ4n) is 2.67. The summed E-state index contributed by atoms with van der Waals surface area (Å²) in [4.78, 5) is 14.1. The summed E-state index contributed by atoms with van der Waals surface area (Å²) in [7, 11) is -3.53. The third-order valence-electron chi connectivity index (χ3n) is 3.85. The van der Waals surface area contributed by atoms with Crippen molar-refractivity contribution in [3.8, 4) is 0 Å². The molecule has 0 saturated carbocycles. The lowest BCUT2D eigenvalue weighted by Gasteiger charge is -2.17. The highest BCUT2D eigenvalue weighted by Crippen LogP contribution is 2.17. The van der Waals surface area contributed by atoms with Crippen molar-refractivity contribution in [3.63, 3.8) is 0 Å². The molecule has 2 aromatic rings. The van der Waals surface area contributed by atoms with Gasteiger partial charge in [0.1, 0.15) is 0 Å². The van der Waals surface area contributed by atoms with Gasteiger partial charge in [0.2, 0.25) is 15.9 Å². The summed E-state index contributed by atoms with van der Waals surface area (Å²) < 4.78 is 27.0. The minimum atomic E-state index is -3.53. The summed E-state index contributed by atoms with van der Waals surface area (Å²) in [5, 5.41) is 3.31. The van der Waals surface area contributed by atoms with Gasteiger partial charge in [0.25, 0.3) is 0 Å². The van der Waals surface area contributed by atoms with E-state index >= 15 is 0 Å². The van der Waals surface area contributed by atoms with Gasteiger partial charge in [-0.25, -0.2) is 13.1 Å². The van der Waals surface area contributed by atoms with Crippen LogP contribution in [0.15, 0.2) is 52.1 Å². The molecule has 0 aliphatic carbocycles. The van der Waals surface area contributed by atoms with Crippen LogP contribution >= 0.6 is 11.3 Å². The Balaban J connectivity index is 1.57. The third-order valence-corrected chi connectivity index (χ3v) is 6.21. The Labute approximate surface area is 140 Å². The molecule has 1 aromatic carbocycles. The standard InChI is InChI=1S/C16H18N2O3S2/c19-16-10-14(17-23(20,21)15-7-9-22-12-15)11-18(16)8-6-13-4-2-1-3-5-13/h1-5,7,9,12,14,17H,6,8,10-11H2. The van der Waals surface area contributed by atoms with Gasteiger partial charge in [-0.1, -0.05) is 30.3 Å². The van der Waals surface area contributed by atoms with E-state index in [2.05, 4.69) is 4.72 Å². The second kappa shape index (κ2) is 6.82. The van der Waals surface area contributed by atoms with Gasteiger partial charge in [-0.05, 0) is 23.4 Å². The highest BCUT2D eigenvalue weighted by atomic mass is 32.2. The van der Waals surface area contributed by atoms with Crippen LogP contribution in [0.2, 0.25) is 0 Å². The molecule has 23 heavy (non-hydrogen) atoms. The van der Waals surface area contributed by atoms with E-state index in [1.165, 1.54) is 16.9 Å². The summed E-state index contributed by atoms with van der Waals surface area (Å²) in [6.45, 7) is 1.04. The fourth-order valence-corrected chi connectivity index (χ4v) is 4.92. The van der Waals surface area contributed by atoms with E-state index in [0.29, 0.717) is 13.1 Å². The number of carbonyl (C=O) groups is 1. The number of nitrogens with one attached hydrogen (secondary N) is 1. The summed E-state index contributed by atoms with van der Waals surface area (Å²) in [6, 6.07) is 11.2. The van der Waals surface area contributed by atoms with Crippen LogP contribution in [0.1, 0.15) is 12.0 Å². The molecule has 1 fully saturated rings. The fraction of sp³-hybridized carbons (Fsp3) is 0.312. The highest BCUT2D eigenvalue weighted by Gasteiger charge is 2.32. The Hall–Kier alpha value is -1.70. The van der Waals surface area contributed by atoms with Crippen LogP contribution in [-0.2, 0) is 21.2 Å². The Kier molecular flexibility index (Phi) is 4.79. The molecule has 0 radical (unpaired) electrons. The first kappa shape index (κ1) is 16.2. The predicted molar refractivity (Wildman–Crippen MR) is 89.8 cm³/mol. The molecule has 7 heteroatoms. The van der Waals surface area contributed by atoms with Gasteiger partial charge in [-0.15, -0.1) is 0 Å². The Bertz CT molecular complexity index is 758. The van der Waals surface area contributed by atoms with Crippen LogP contribution in [0, 0.1) is 0 Å². The molecule has 0 spiro atoms. The number of hydrogen-bond donors (Lipinski definition) is 1. The molecular weight excluding hydrogens is 332 g/mol. The number of thiophene rings is 1. The molecule has 1 atom stereocenters. The average molecular weight is 350 g/mol. The van der Waals surface area contributed by atoms with E-state index in [0.717, 1.165) is 6.42 Å². The predicted octanol–water partition coefficient (Wildman–Crippen LogP) is 1.87. The maximum absolute atomic E-state index is 12.2. The van der Waals surface area contributed by atoms with E-state index in [4.69, 9.17) is 0 Å². The zero-order valence-electron chi connectivity index (χ0n) is 12.5. The molecule has 1 N–H and O–H groups in total. The van der Waals surface area contributed by atoms with Crippen LogP contribution in [0.25, 0.3) is 0 Å². The van der Waals surface area contributed by atoms with Crippen molar-refractivity contribution in [1.29, 1.82) is 0 Å². The Morgan fingerprint density at radius 1 is 1.22 bits per heavy atom. The van der Waals surface area contributed by atoms with E-state index in [1.807, 2.05) is 30.3 Å². The molecule has 1 saturated heterocycles. The zero-order chi connectivity index (χ0) is 16.3. The first-order valence-electron chi connectivity index (χ1n) is 7.41. The number of carbonyl (C=O) groups excluding carboxylic acids is 1. The normalized spacial score (nSPS) is 18.5. The van der Waals surface area contributed by atoms with Crippen molar-refractivity contribution in [3.05, 3.63) is 52.7 Å². The molecule has 1 aromatic heterocycles. The summed E-state index contributed by atoms with van der Waals surface area (Å²) in [5.74, 6) is -0.000972. The highest BCUT2D eigenvalue weighted by molar-refractivity contribution is 7.89. The molecule has 0 bridgehead atoms. The largest absolute Gasteiger partial charge is 0.341 e. The van der Waals surface area contributed by atoms with Crippen LogP contribution < -0.4 is 4.72 Å². The van der Waals surface area contributed by atoms with Crippen molar-refractivity contribution < 1.29 is 13.2 Å². The molecule has 5 nitrogen and oxygen atoms in total.